The molecule has 1 aromatic rings. The van der Waals surface area contributed by atoms with Crippen molar-refractivity contribution in [2.24, 2.45) is 0 Å². The van der Waals surface area contributed by atoms with Crippen LogP contribution in [0, 0.1) is 0 Å². The molecule has 1 aliphatic rings. The SMILES string of the molecule is O=C1Nc2cccc(O)c2CO1. The first kappa shape index (κ1) is 6.97. The van der Waals surface area contributed by atoms with Crippen molar-refractivity contribution >= 4 is 11.8 Å². The van der Waals surface area contributed by atoms with Crippen LogP contribution in [0.1, 0.15) is 5.56 Å². The number of rotatable bonds is 0. The highest BCUT2D eigenvalue weighted by Crippen LogP contribution is 2.28. The minimum Gasteiger partial charge on any atom is -0.507 e. The average molecular weight is 165 g/mol. The van der Waals surface area contributed by atoms with E-state index in [9.17, 15) is 9.90 Å². The number of nitrogens with one attached hydrogen (secondary N) is 1. The number of anilines is 1. The number of hydrogen-bond donors (Lipinski definition) is 2. The summed E-state index contributed by atoms with van der Waals surface area (Å²) in [5, 5.41) is 11.8. The van der Waals surface area contributed by atoms with Crippen molar-refractivity contribution < 1.29 is 14.6 Å². The number of cyclic esters (lactones) is 1. The fourth-order valence-corrected chi connectivity index (χ4v) is 1.13. The zero-order chi connectivity index (χ0) is 8.55. The summed E-state index contributed by atoms with van der Waals surface area (Å²) in [5.74, 6) is 0.146. The van der Waals surface area contributed by atoms with Gasteiger partial charge in [0.05, 0.1) is 11.3 Å². The standard InChI is InChI=1S/C8H7NO3/c10-7-3-1-2-6-5(7)4-12-8(11)9-6/h1-3,10H,4H2,(H,9,11). The van der Waals surface area contributed by atoms with E-state index in [-0.39, 0.29) is 12.4 Å². The summed E-state index contributed by atoms with van der Waals surface area (Å²) in [6, 6.07) is 4.94. The number of aromatic hydroxyl groups is 1. The van der Waals surface area contributed by atoms with Crippen LogP contribution in [0.25, 0.3) is 0 Å². The number of hydrogen-bond acceptors (Lipinski definition) is 3. The molecule has 0 aromatic heterocycles. The van der Waals surface area contributed by atoms with Crippen LogP contribution < -0.4 is 5.32 Å². The van der Waals surface area contributed by atoms with E-state index in [4.69, 9.17) is 0 Å². The molecule has 12 heavy (non-hydrogen) atoms. The number of carbonyl (C=O) groups excluding carboxylic acids is 1. The molecule has 0 spiro atoms. The molecule has 1 aliphatic heterocycles. The van der Waals surface area contributed by atoms with Gasteiger partial charge in [0.2, 0.25) is 0 Å². The van der Waals surface area contributed by atoms with E-state index in [0.29, 0.717) is 11.3 Å². The number of phenols is 1. The lowest BCUT2D eigenvalue weighted by atomic mass is 10.1. The summed E-state index contributed by atoms with van der Waals surface area (Å²) in [6.45, 7) is 0.133. The highest BCUT2D eigenvalue weighted by molar-refractivity contribution is 5.88. The summed E-state index contributed by atoms with van der Waals surface area (Å²) < 4.78 is 4.68. The molecule has 0 unspecified atom stereocenters. The minimum atomic E-state index is -0.479. The van der Waals surface area contributed by atoms with E-state index < -0.39 is 6.09 Å². The molecule has 2 N–H and O–H groups in total. The average Bonchev–Trinajstić information content (AvgIpc) is 2.04. The van der Waals surface area contributed by atoms with Gasteiger partial charge in [-0.2, -0.15) is 0 Å². The van der Waals surface area contributed by atoms with E-state index >= 15 is 0 Å². The summed E-state index contributed by atoms with van der Waals surface area (Å²) >= 11 is 0. The quantitative estimate of drug-likeness (QED) is 0.611. The van der Waals surface area contributed by atoms with Gasteiger partial charge in [0, 0.05) is 0 Å². The predicted molar refractivity (Wildman–Crippen MR) is 41.9 cm³/mol. The largest absolute Gasteiger partial charge is 0.507 e. The molecule has 0 saturated heterocycles. The molecule has 0 aliphatic carbocycles. The zero-order valence-corrected chi connectivity index (χ0v) is 6.20. The maximum Gasteiger partial charge on any atom is 0.411 e. The van der Waals surface area contributed by atoms with Gasteiger partial charge in [-0.25, -0.2) is 4.79 Å². The molecule has 0 radical (unpaired) electrons. The molecule has 4 nitrogen and oxygen atoms in total. The van der Waals surface area contributed by atoms with Crippen molar-refractivity contribution in [2.75, 3.05) is 5.32 Å². The van der Waals surface area contributed by atoms with Crippen LogP contribution in [-0.4, -0.2) is 11.2 Å². The predicted octanol–water partition coefficient (Wildman–Crippen LogP) is 1.45. The summed E-state index contributed by atoms with van der Waals surface area (Å²) in [7, 11) is 0. The van der Waals surface area contributed by atoms with Crippen molar-refractivity contribution in [1.29, 1.82) is 0 Å². The minimum absolute atomic E-state index is 0.133. The van der Waals surface area contributed by atoms with Gasteiger partial charge in [-0.05, 0) is 12.1 Å². The number of amides is 1. The third-order valence-electron chi connectivity index (χ3n) is 1.74. The molecule has 0 atom stereocenters. The van der Waals surface area contributed by atoms with Crippen LogP contribution in [0.4, 0.5) is 10.5 Å². The van der Waals surface area contributed by atoms with E-state index in [1.54, 1.807) is 18.2 Å². The summed E-state index contributed by atoms with van der Waals surface area (Å²) in [5.41, 5.74) is 1.24. The molecule has 4 heteroatoms. The number of phenolic OH excluding ortho intramolecular Hbond substituents is 1. The Labute approximate surface area is 68.8 Å². The zero-order valence-electron chi connectivity index (χ0n) is 6.20. The first-order valence-electron chi connectivity index (χ1n) is 3.52. The Kier molecular flexibility index (Phi) is 1.40. The molecule has 62 valence electrons. The van der Waals surface area contributed by atoms with Crippen LogP contribution in [0.3, 0.4) is 0 Å². The number of fused-ring (bicyclic) bond motifs is 1. The second-order valence-electron chi connectivity index (χ2n) is 2.50. The Balaban J connectivity index is 2.48. The molecule has 2 rings (SSSR count). The van der Waals surface area contributed by atoms with Gasteiger partial charge >= 0.3 is 6.09 Å². The van der Waals surface area contributed by atoms with Crippen LogP contribution in [-0.2, 0) is 11.3 Å². The van der Waals surface area contributed by atoms with Crippen molar-refractivity contribution in [3.63, 3.8) is 0 Å². The Morgan fingerprint density at radius 2 is 2.33 bits per heavy atom. The second-order valence-corrected chi connectivity index (χ2v) is 2.50. The van der Waals surface area contributed by atoms with Crippen molar-refractivity contribution in [2.45, 2.75) is 6.61 Å². The molecular formula is C8H7NO3. The van der Waals surface area contributed by atoms with E-state index in [1.165, 1.54) is 0 Å². The lowest BCUT2D eigenvalue weighted by molar-refractivity contribution is 0.150. The normalized spacial score (nSPS) is 14.5. The third kappa shape index (κ3) is 0.972. The van der Waals surface area contributed by atoms with Crippen LogP contribution in [0.2, 0.25) is 0 Å². The Bertz CT molecular complexity index is 335. The van der Waals surface area contributed by atoms with Crippen LogP contribution >= 0.6 is 0 Å². The molecule has 0 bridgehead atoms. The first-order chi connectivity index (χ1) is 5.77. The van der Waals surface area contributed by atoms with Gasteiger partial charge in [-0.15, -0.1) is 0 Å². The summed E-state index contributed by atoms with van der Waals surface area (Å²) in [6.07, 6.45) is -0.479. The fraction of sp³-hybridized carbons (Fsp3) is 0.125. The Morgan fingerprint density at radius 3 is 3.17 bits per heavy atom. The number of carbonyl (C=O) groups is 1. The van der Waals surface area contributed by atoms with Crippen molar-refractivity contribution in [3.05, 3.63) is 23.8 Å². The Morgan fingerprint density at radius 1 is 1.50 bits per heavy atom. The highest BCUT2D eigenvalue weighted by atomic mass is 16.5. The van der Waals surface area contributed by atoms with Gasteiger partial charge in [0.25, 0.3) is 0 Å². The van der Waals surface area contributed by atoms with Gasteiger partial charge in [0.15, 0.2) is 0 Å². The fourth-order valence-electron chi connectivity index (χ4n) is 1.13. The number of ether oxygens (including phenoxy) is 1. The molecule has 1 aromatic carbocycles. The molecule has 0 fully saturated rings. The third-order valence-corrected chi connectivity index (χ3v) is 1.74. The lowest BCUT2D eigenvalue weighted by Gasteiger charge is -2.17. The van der Waals surface area contributed by atoms with Gasteiger partial charge in [0.1, 0.15) is 12.4 Å². The van der Waals surface area contributed by atoms with Gasteiger partial charge in [-0.1, -0.05) is 6.07 Å². The van der Waals surface area contributed by atoms with E-state index in [1.807, 2.05) is 0 Å². The van der Waals surface area contributed by atoms with E-state index in [2.05, 4.69) is 10.1 Å². The molecule has 0 saturated carbocycles. The van der Waals surface area contributed by atoms with Crippen molar-refractivity contribution in [3.8, 4) is 5.75 Å². The summed E-state index contributed by atoms with van der Waals surface area (Å²) in [4.78, 5) is 10.7. The molecule has 1 heterocycles. The number of benzene rings is 1. The van der Waals surface area contributed by atoms with Crippen molar-refractivity contribution in [1.82, 2.24) is 0 Å². The lowest BCUT2D eigenvalue weighted by Crippen LogP contribution is -2.20. The smallest absolute Gasteiger partial charge is 0.411 e. The van der Waals surface area contributed by atoms with Crippen LogP contribution in [0.5, 0.6) is 5.75 Å². The van der Waals surface area contributed by atoms with E-state index in [0.717, 1.165) is 0 Å². The monoisotopic (exact) mass is 165 g/mol. The maximum atomic E-state index is 10.7. The van der Waals surface area contributed by atoms with Gasteiger partial charge < -0.3 is 9.84 Å². The molecule has 1 amide bonds. The maximum absolute atomic E-state index is 10.7. The highest BCUT2D eigenvalue weighted by Gasteiger charge is 2.17. The molecular weight excluding hydrogens is 158 g/mol. The second kappa shape index (κ2) is 2.41. The van der Waals surface area contributed by atoms with Gasteiger partial charge in [-0.3, -0.25) is 5.32 Å². The Hall–Kier alpha value is -1.71. The first-order valence-corrected chi connectivity index (χ1v) is 3.52. The topological polar surface area (TPSA) is 58.6 Å². The van der Waals surface area contributed by atoms with Crippen LogP contribution in [0.15, 0.2) is 18.2 Å².